The van der Waals surface area contributed by atoms with E-state index in [1.807, 2.05) is 0 Å². The Hall–Kier alpha value is -1.95. The Labute approximate surface area is 128 Å². The van der Waals surface area contributed by atoms with Gasteiger partial charge in [0, 0.05) is 18.6 Å². The van der Waals surface area contributed by atoms with Gasteiger partial charge in [-0.25, -0.2) is 0 Å². The maximum atomic E-state index is 12.0. The van der Waals surface area contributed by atoms with E-state index < -0.39 is 11.9 Å². The third kappa shape index (κ3) is 5.15. The summed E-state index contributed by atoms with van der Waals surface area (Å²) in [4.78, 5) is 24.1. The first-order chi connectivity index (χ1) is 9.85. The van der Waals surface area contributed by atoms with Gasteiger partial charge in [-0.05, 0) is 18.2 Å². The van der Waals surface area contributed by atoms with Gasteiger partial charge in [-0.15, -0.1) is 0 Å². The maximum absolute atomic E-state index is 12.0. The minimum absolute atomic E-state index is 0.0273. The number of anilines is 1. The highest BCUT2D eigenvalue weighted by Crippen LogP contribution is 2.27. The fourth-order valence-corrected chi connectivity index (χ4v) is 1.89. The Morgan fingerprint density at radius 2 is 2.14 bits per heavy atom. The Balaban J connectivity index is 2.60. The first-order valence-electron chi connectivity index (χ1n) is 6.39. The van der Waals surface area contributed by atoms with Crippen molar-refractivity contribution >= 4 is 29.2 Å². The van der Waals surface area contributed by atoms with Crippen LogP contribution in [0.2, 0.25) is 5.02 Å². The van der Waals surface area contributed by atoms with Crippen LogP contribution < -0.4 is 10.1 Å². The molecule has 0 aromatic heterocycles. The van der Waals surface area contributed by atoms with E-state index in [1.54, 1.807) is 32.2 Å². The number of carboxylic acids is 1. The van der Waals surface area contributed by atoms with Crippen LogP contribution in [0.4, 0.5) is 5.69 Å². The lowest BCUT2D eigenvalue weighted by atomic mass is 10.2. The van der Waals surface area contributed by atoms with Crippen LogP contribution in [0, 0.1) is 5.92 Å². The number of hydrogen-bond donors (Lipinski definition) is 2. The van der Waals surface area contributed by atoms with E-state index in [0.717, 1.165) is 0 Å². The monoisotopic (exact) mass is 314 g/mol. The Morgan fingerprint density at radius 3 is 2.71 bits per heavy atom. The first-order valence-corrected chi connectivity index (χ1v) is 6.77. The molecule has 1 atom stereocenters. The van der Waals surface area contributed by atoms with Crippen molar-refractivity contribution in [3.05, 3.63) is 23.2 Å². The molecule has 1 unspecified atom stereocenters. The quantitative estimate of drug-likeness (QED) is 0.804. The van der Waals surface area contributed by atoms with E-state index in [-0.39, 0.29) is 19.0 Å². The number of nitrogens with one attached hydrogen (secondary N) is 1. The molecule has 1 aromatic rings. The molecule has 21 heavy (non-hydrogen) atoms. The predicted octanol–water partition coefficient (Wildman–Crippen LogP) is 1.94. The molecule has 6 nitrogen and oxygen atoms in total. The summed E-state index contributed by atoms with van der Waals surface area (Å²) in [5, 5.41) is 12.3. The van der Waals surface area contributed by atoms with Crippen LogP contribution in [0.25, 0.3) is 0 Å². The van der Waals surface area contributed by atoms with Gasteiger partial charge in [0.05, 0.1) is 25.3 Å². The third-order valence-electron chi connectivity index (χ3n) is 2.99. The van der Waals surface area contributed by atoms with Crippen molar-refractivity contribution in [2.75, 3.05) is 32.6 Å². The lowest BCUT2D eigenvalue weighted by molar-refractivity contribution is -0.142. The molecule has 0 saturated heterocycles. The third-order valence-corrected chi connectivity index (χ3v) is 3.22. The van der Waals surface area contributed by atoms with E-state index in [4.69, 9.17) is 21.4 Å². The summed E-state index contributed by atoms with van der Waals surface area (Å²) in [5.41, 5.74) is 0.609. The molecule has 0 radical (unpaired) electrons. The van der Waals surface area contributed by atoms with Crippen molar-refractivity contribution < 1.29 is 19.4 Å². The normalized spacial score (nSPS) is 11.6. The number of carbonyl (C=O) groups is 2. The number of carboxylic acid groups (broad SMARTS) is 1. The van der Waals surface area contributed by atoms with Crippen molar-refractivity contribution in [1.29, 1.82) is 0 Å². The van der Waals surface area contributed by atoms with Gasteiger partial charge >= 0.3 is 5.97 Å². The SMILES string of the molecule is COc1ccc(Cl)cc1NCC(=O)N(C)CC(C)C(=O)O. The largest absolute Gasteiger partial charge is 0.495 e. The summed E-state index contributed by atoms with van der Waals surface area (Å²) in [6.45, 7) is 1.74. The highest BCUT2D eigenvalue weighted by molar-refractivity contribution is 6.30. The molecule has 0 spiro atoms. The van der Waals surface area contributed by atoms with E-state index in [1.165, 1.54) is 12.0 Å². The zero-order chi connectivity index (χ0) is 16.0. The molecule has 0 saturated carbocycles. The van der Waals surface area contributed by atoms with Crippen molar-refractivity contribution in [2.24, 2.45) is 5.92 Å². The Kier molecular flexibility index (Phi) is 6.30. The summed E-state index contributed by atoms with van der Waals surface area (Å²) in [6, 6.07) is 5.05. The molecule has 0 heterocycles. The maximum Gasteiger partial charge on any atom is 0.308 e. The van der Waals surface area contributed by atoms with E-state index in [0.29, 0.717) is 16.5 Å². The fourth-order valence-electron chi connectivity index (χ4n) is 1.71. The lowest BCUT2D eigenvalue weighted by Gasteiger charge is -2.20. The molecule has 0 aliphatic heterocycles. The van der Waals surface area contributed by atoms with Gasteiger partial charge in [0.2, 0.25) is 5.91 Å². The minimum Gasteiger partial charge on any atom is -0.495 e. The zero-order valence-electron chi connectivity index (χ0n) is 12.2. The molecule has 0 aliphatic carbocycles. The standard InChI is InChI=1S/C14H19ClN2O4/c1-9(14(19)20)8-17(2)13(18)7-16-11-6-10(15)4-5-12(11)21-3/h4-6,9,16H,7-8H2,1-3H3,(H,19,20). The number of carbonyl (C=O) groups excluding carboxylic acids is 1. The van der Waals surface area contributed by atoms with Gasteiger partial charge in [-0.1, -0.05) is 18.5 Å². The Morgan fingerprint density at radius 1 is 1.48 bits per heavy atom. The number of nitrogens with zero attached hydrogens (tertiary/aromatic N) is 1. The smallest absolute Gasteiger partial charge is 0.308 e. The molecule has 1 rings (SSSR count). The number of hydrogen-bond acceptors (Lipinski definition) is 4. The fraction of sp³-hybridized carbons (Fsp3) is 0.429. The number of ether oxygens (including phenoxy) is 1. The topological polar surface area (TPSA) is 78.9 Å². The summed E-state index contributed by atoms with van der Waals surface area (Å²) in [6.07, 6.45) is 0. The van der Waals surface area contributed by atoms with Crippen LogP contribution >= 0.6 is 11.6 Å². The van der Waals surface area contributed by atoms with Gasteiger partial charge in [-0.3, -0.25) is 9.59 Å². The lowest BCUT2D eigenvalue weighted by Crippen LogP contribution is -2.37. The molecule has 2 N–H and O–H groups in total. The van der Waals surface area contributed by atoms with E-state index in [9.17, 15) is 9.59 Å². The number of halogens is 1. The molecule has 0 aliphatic rings. The van der Waals surface area contributed by atoms with Crippen LogP contribution in [-0.2, 0) is 9.59 Å². The van der Waals surface area contributed by atoms with Gasteiger partial charge in [0.25, 0.3) is 0 Å². The molecule has 0 fully saturated rings. The van der Waals surface area contributed by atoms with Gasteiger partial charge in [-0.2, -0.15) is 0 Å². The second kappa shape index (κ2) is 7.73. The molecule has 0 bridgehead atoms. The minimum atomic E-state index is -0.931. The average molecular weight is 315 g/mol. The van der Waals surface area contributed by atoms with Crippen LogP contribution in [0.3, 0.4) is 0 Å². The average Bonchev–Trinajstić information content (AvgIpc) is 2.44. The molecule has 1 amide bonds. The van der Waals surface area contributed by atoms with Gasteiger partial charge in [0.1, 0.15) is 5.75 Å². The van der Waals surface area contributed by atoms with Gasteiger partial charge in [0.15, 0.2) is 0 Å². The Bertz CT molecular complexity index is 522. The van der Waals surface area contributed by atoms with E-state index >= 15 is 0 Å². The predicted molar refractivity (Wildman–Crippen MR) is 80.9 cm³/mol. The second-order valence-corrected chi connectivity index (χ2v) is 5.15. The highest BCUT2D eigenvalue weighted by atomic mass is 35.5. The summed E-state index contributed by atoms with van der Waals surface area (Å²) in [7, 11) is 3.09. The molecule has 7 heteroatoms. The van der Waals surface area contributed by atoms with Crippen LogP contribution in [0.15, 0.2) is 18.2 Å². The van der Waals surface area contributed by atoms with Crippen molar-refractivity contribution in [3.8, 4) is 5.75 Å². The zero-order valence-corrected chi connectivity index (χ0v) is 13.0. The van der Waals surface area contributed by atoms with Crippen LogP contribution in [0.5, 0.6) is 5.75 Å². The number of benzene rings is 1. The molecular formula is C14H19ClN2O4. The number of likely N-dealkylation sites (N-methyl/N-ethyl adjacent to an activating group) is 1. The number of aliphatic carboxylic acids is 1. The first kappa shape index (κ1) is 17.1. The van der Waals surface area contributed by atoms with Crippen LogP contribution in [-0.4, -0.2) is 49.1 Å². The molecule has 116 valence electrons. The van der Waals surface area contributed by atoms with E-state index in [2.05, 4.69) is 5.32 Å². The number of amides is 1. The number of methoxy groups -OCH3 is 1. The van der Waals surface area contributed by atoms with Crippen molar-refractivity contribution in [2.45, 2.75) is 6.92 Å². The summed E-state index contributed by atoms with van der Waals surface area (Å²) >= 11 is 5.90. The van der Waals surface area contributed by atoms with Crippen molar-refractivity contribution in [1.82, 2.24) is 4.90 Å². The summed E-state index contributed by atoms with van der Waals surface area (Å²) in [5.74, 6) is -1.18. The molecule has 1 aromatic carbocycles. The van der Waals surface area contributed by atoms with Gasteiger partial charge < -0.3 is 20.1 Å². The summed E-state index contributed by atoms with van der Waals surface area (Å²) < 4.78 is 5.17. The second-order valence-electron chi connectivity index (χ2n) is 4.71. The highest BCUT2D eigenvalue weighted by Gasteiger charge is 2.17. The van der Waals surface area contributed by atoms with Crippen molar-refractivity contribution in [3.63, 3.8) is 0 Å². The number of rotatable bonds is 7. The van der Waals surface area contributed by atoms with Crippen LogP contribution in [0.1, 0.15) is 6.92 Å². The molecular weight excluding hydrogens is 296 g/mol.